The third-order valence-electron chi connectivity index (χ3n) is 1.32. The van der Waals surface area contributed by atoms with E-state index >= 15 is 0 Å². The number of aromatic nitrogens is 3. The van der Waals surface area contributed by atoms with E-state index in [9.17, 15) is 0 Å². The topological polar surface area (TPSA) is 50.7 Å². The number of para-hydroxylation sites is 1. The molecule has 0 atom stereocenters. The summed E-state index contributed by atoms with van der Waals surface area (Å²) in [7, 11) is 0. The molecule has 0 unspecified atom stereocenters. The van der Waals surface area contributed by atoms with Gasteiger partial charge in [-0.15, -0.1) is 0 Å². The SMILES string of the molecule is c1ccc(Nc2nnns2)cc1. The van der Waals surface area contributed by atoms with E-state index in [1.165, 1.54) is 11.5 Å². The summed E-state index contributed by atoms with van der Waals surface area (Å²) in [5, 5.41) is 11.0. The number of rotatable bonds is 2. The molecule has 1 heterocycles. The molecule has 0 aliphatic heterocycles. The Morgan fingerprint density at radius 3 is 2.67 bits per heavy atom. The predicted molar refractivity (Wildman–Crippen MR) is 47.4 cm³/mol. The van der Waals surface area contributed by atoms with E-state index in [0.717, 1.165) is 5.69 Å². The molecule has 0 amide bonds. The summed E-state index contributed by atoms with van der Waals surface area (Å²) < 4.78 is 3.64. The Morgan fingerprint density at radius 2 is 2.00 bits per heavy atom. The molecule has 0 aliphatic carbocycles. The van der Waals surface area contributed by atoms with Gasteiger partial charge in [0, 0.05) is 17.2 Å². The van der Waals surface area contributed by atoms with Crippen LogP contribution in [0.15, 0.2) is 30.3 Å². The highest BCUT2D eigenvalue weighted by Gasteiger charge is 1.95. The molecule has 1 N–H and O–H groups in total. The monoisotopic (exact) mass is 178 g/mol. The van der Waals surface area contributed by atoms with Crippen molar-refractivity contribution in [1.82, 2.24) is 14.8 Å². The van der Waals surface area contributed by atoms with Gasteiger partial charge in [-0.1, -0.05) is 27.8 Å². The van der Waals surface area contributed by atoms with Crippen LogP contribution in [0.4, 0.5) is 10.8 Å². The highest BCUT2D eigenvalue weighted by Crippen LogP contribution is 2.14. The number of hydrogen-bond acceptors (Lipinski definition) is 5. The molecule has 0 bridgehead atoms. The van der Waals surface area contributed by atoms with Crippen molar-refractivity contribution in [2.45, 2.75) is 0 Å². The molecular formula is C7H6N4S. The van der Waals surface area contributed by atoms with Gasteiger partial charge in [0.2, 0.25) is 5.13 Å². The van der Waals surface area contributed by atoms with Crippen molar-refractivity contribution >= 4 is 22.4 Å². The van der Waals surface area contributed by atoms with Gasteiger partial charge in [0.25, 0.3) is 0 Å². The molecule has 0 radical (unpaired) electrons. The average molecular weight is 178 g/mol. The number of hydrogen-bond donors (Lipinski definition) is 1. The van der Waals surface area contributed by atoms with Crippen molar-refractivity contribution < 1.29 is 0 Å². The van der Waals surface area contributed by atoms with Gasteiger partial charge in [-0.25, -0.2) is 0 Å². The number of nitrogens with zero attached hydrogens (tertiary/aromatic N) is 3. The molecular weight excluding hydrogens is 172 g/mol. The highest BCUT2D eigenvalue weighted by atomic mass is 32.1. The van der Waals surface area contributed by atoms with Crippen molar-refractivity contribution in [2.75, 3.05) is 5.32 Å². The van der Waals surface area contributed by atoms with Crippen molar-refractivity contribution in [2.24, 2.45) is 0 Å². The zero-order chi connectivity index (χ0) is 8.23. The molecule has 60 valence electrons. The van der Waals surface area contributed by atoms with Gasteiger partial charge in [0.1, 0.15) is 0 Å². The quantitative estimate of drug-likeness (QED) is 0.760. The Bertz CT molecular complexity index is 332. The lowest BCUT2D eigenvalue weighted by molar-refractivity contribution is 0.961. The smallest absolute Gasteiger partial charge is 0.229 e. The summed E-state index contributed by atoms with van der Waals surface area (Å²) in [5.41, 5.74) is 0.996. The second kappa shape index (κ2) is 3.27. The maximum atomic E-state index is 3.76. The minimum atomic E-state index is 0.709. The number of anilines is 2. The van der Waals surface area contributed by atoms with E-state index < -0.39 is 0 Å². The molecule has 12 heavy (non-hydrogen) atoms. The van der Waals surface area contributed by atoms with Crippen LogP contribution in [0.1, 0.15) is 0 Å². The van der Waals surface area contributed by atoms with Gasteiger partial charge < -0.3 is 5.32 Å². The minimum absolute atomic E-state index is 0.709. The zero-order valence-corrected chi connectivity index (χ0v) is 6.95. The lowest BCUT2D eigenvalue weighted by Gasteiger charge is -1.98. The Morgan fingerprint density at radius 1 is 1.17 bits per heavy atom. The molecule has 0 saturated carbocycles. The van der Waals surface area contributed by atoms with Gasteiger partial charge in [-0.2, -0.15) is 0 Å². The van der Waals surface area contributed by atoms with E-state index in [2.05, 4.69) is 20.1 Å². The van der Waals surface area contributed by atoms with E-state index in [1.54, 1.807) is 0 Å². The van der Waals surface area contributed by atoms with Gasteiger partial charge >= 0.3 is 0 Å². The van der Waals surface area contributed by atoms with Crippen molar-refractivity contribution in [3.8, 4) is 0 Å². The van der Waals surface area contributed by atoms with Crippen molar-refractivity contribution in [3.63, 3.8) is 0 Å². The maximum absolute atomic E-state index is 3.76. The molecule has 0 spiro atoms. The van der Waals surface area contributed by atoms with Gasteiger partial charge in [0.05, 0.1) is 0 Å². The summed E-state index contributed by atoms with van der Waals surface area (Å²) in [6, 6.07) is 9.79. The van der Waals surface area contributed by atoms with Crippen LogP contribution in [-0.4, -0.2) is 14.8 Å². The summed E-state index contributed by atoms with van der Waals surface area (Å²) in [4.78, 5) is 0. The molecule has 0 fully saturated rings. The van der Waals surface area contributed by atoms with Crippen molar-refractivity contribution in [3.05, 3.63) is 30.3 Å². The second-order valence-electron chi connectivity index (χ2n) is 2.16. The Kier molecular flexibility index (Phi) is 1.96. The summed E-state index contributed by atoms with van der Waals surface area (Å²) >= 11 is 1.23. The standard InChI is InChI=1S/C7H6N4S/c1-2-4-6(5-3-1)8-7-9-10-11-12-7/h1-5H,(H,8,9,11). The molecule has 2 aromatic rings. The van der Waals surface area contributed by atoms with Crippen LogP contribution < -0.4 is 5.32 Å². The molecule has 0 aliphatic rings. The van der Waals surface area contributed by atoms with E-state index in [-0.39, 0.29) is 0 Å². The Labute approximate surface area is 73.4 Å². The summed E-state index contributed by atoms with van der Waals surface area (Å²) in [6.45, 7) is 0. The molecule has 2 rings (SSSR count). The first-order chi connectivity index (χ1) is 5.95. The zero-order valence-electron chi connectivity index (χ0n) is 6.14. The fourth-order valence-electron chi connectivity index (χ4n) is 0.827. The van der Waals surface area contributed by atoms with E-state index in [4.69, 9.17) is 0 Å². The van der Waals surface area contributed by atoms with Gasteiger partial charge in [-0.3, -0.25) is 0 Å². The van der Waals surface area contributed by atoms with Crippen LogP contribution in [0.25, 0.3) is 0 Å². The van der Waals surface area contributed by atoms with Crippen LogP contribution in [0.2, 0.25) is 0 Å². The average Bonchev–Trinajstić information content (AvgIpc) is 2.59. The third kappa shape index (κ3) is 1.57. The predicted octanol–water partition coefficient (Wildman–Crippen LogP) is 1.68. The van der Waals surface area contributed by atoms with Crippen LogP contribution in [0, 0.1) is 0 Å². The first-order valence-electron chi connectivity index (χ1n) is 3.42. The molecule has 1 aromatic carbocycles. The maximum Gasteiger partial charge on any atom is 0.229 e. The Hall–Kier alpha value is -1.49. The first kappa shape index (κ1) is 7.17. The van der Waals surface area contributed by atoms with Gasteiger partial charge in [-0.05, 0) is 17.3 Å². The largest absolute Gasteiger partial charge is 0.329 e. The van der Waals surface area contributed by atoms with E-state index in [0.29, 0.717) is 5.13 Å². The third-order valence-corrected chi connectivity index (χ3v) is 1.84. The minimum Gasteiger partial charge on any atom is -0.329 e. The molecule has 5 heteroatoms. The molecule has 1 aromatic heterocycles. The lowest BCUT2D eigenvalue weighted by Crippen LogP contribution is -1.87. The number of benzene rings is 1. The van der Waals surface area contributed by atoms with Crippen molar-refractivity contribution in [1.29, 1.82) is 0 Å². The second-order valence-corrected chi connectivity index (χ2v) is 2.89. The van der Waals surface area contributed by atoms with Crippen LogP contribution in [0.5, 0.6) is 0 Å². The van der Waals surface area contributed by atoms with Gasteiger partial charge in [0.15, 0.2) is 0 Å². The fraction of sp³-hybridized carbons (Fsp3) is 0. The van der Waals surface area contributed by atoms with Crippen LogP contribution in [0.3, 0.4) is 0 Å². The van der Waals surface area contributed by atoms with E-state index in [1.807, 2.05) is 30.3 Å². The Balaban J connectivity index is 2.15. The molecule has 0 saturated heterocycles. The normalized spacial score (nSPS) is 9.67. The van der Waals surface area contributed by atoms with Crippen LogP contribution in [-0.2, 0) is 0 Å². The first-order valence-corrected chi connectivity index (χ1v) is 4.19. The summed E-state index contributed by atoms with van der Waals surface area (Å²) in [5.74, 6) is 0. The lowest BCUT2D eigenvalue weighted by atomic mass is 10.3. The number of nitrogens with one attached hydrogen (secondary N) is 1. The highest BCUT2D eigenvalue weighted by molar-refractivity contribution is 7.09. The summed E-state index contributed by atoms with van der Waals surface area (Å²) in [6.07, 6.45) is 0. The fourth-order valence-corrected chi connectivity index (χ4v) is 1.21. The van der Waals surface area contributed by atoms with Crippen LogP contribution >= 0.6 is 11.5 Å². The molecule has 4 nitrogen and oxygen atoms in total.